The van der Waals surface area contributed by atoms with Crippen LogP contribution in [-0.2, 0) is 16.0 Å². The van der Waals surface area contributed by atoms with E-state index >= 15 is 0 Å². The van der Waals surface area contributed by atoms with Gasteiger partial charge >= 0.3 is 0 Å². The molecule has 45 heavy (non-hydrogen) atoms. The highest BCUT2D eigenvalue weighted by Crippen LogP contribution is 2.43. The third-order valence-corrected chi connectivity index (χ3v) is 10.7. The van der Waals surface area contributed by atoms with Crippen LogP contribution in [0.15, 0.2) is 23.8 Å². The number of benzene rings is 1. The fourth-order valence-corrected chi connectivity index (χ4v) is 8.49. The minimum atomic E-state index is -0.0907. The smallest absolute Gasteiger partial charge is 0.163 e. The summed E-state index contributed by atoms with van der Waals surface area (Å²) in [5.41, 5.74) is 8.95. The zero-order valence-corrected chi connectivity index (χ0v) is 30.3. The first-order valence-electron chi connectivity index (χ1n) is 18.5. The SMILES string of the molecule is CCC.CCCC(CC1CC(=O)c2c(C)c(C3=CC=C(CC4CCC(C)CC4)C3)cc(C(C)C)c2C1)C(CC)C(=O)CC(C)=O. The van der Waals surface area contributed by atoms with Gasteiger partial charge in [0, 0.05) is 17.9 Å². The van der Waals surface area contributed by atoms with Gasteiger partial charge in [0.05, 0.1) is 6.42 Å². The summed E-state index contributed by atoms with van der Waals surface area (Å²) in [7, 11) is 0. The molecule has 0 N–H and O–H groups in total. The molecule has 0 heterocycles. The van der Waals surface area contributed by atoms with Gasteiger partial charge in [0.15, 0.2) is 5.78 Å². The highest BCUT2D eigenvalue weighted by Gasteiger charge is 2.35. The average Bonchev–Trinajstić information content (AvgIpc) is 3.42. The lowest BCUT2D eigenvalue weighted by Gasteiger charge is -2.33. The molecule has 0 amide bonds. The minimum absolute atomic E-state index is 0.0386. The van der Waals surface area contributed by atoms with Gasteiger partial charge in [0.1, 0.15) is 11.6 Å². The molecule has 1 fully saturated rings. The predicted molar refractivity (Wildman–Crippen MR) is 191 cm³/mol. The van der Waals surface area contributed by atoms with Crippen LogP contribution < -0.4 is 0 Å². The van der Waals surface area contributed by atoms with E-state index in [-0.39, 0.29) is 41.5 Å². The lowest BCUT2D eigenvalue weighted by Crippen LogP contribution is -2.30. The van der Waals surface area contributed by atoms with Crippen LogP contribution in [0.3, 0.4) is 0 Å². The van der Waals surface area contributed by atoms with Crippen molar-refractivity contribution in [1.82, 2.24) is 0 Å². The second kappa shape index (κ2) is 17.6. The summed E-state index contributed by atoms with van der Waals surface area (Å²) < 4.78 is 0. The van der Waals surface area contributed by atoms with Gasteiger partial charge in [-0.1, -0.05) is 104 Å². The van der Waals surface area contributed by atoms with E-state index in [9.17, 15) is 14.4 Å². The average molecular weight is 617 g/mol. The van der Waals surface area contributed by atoms with Crippen LogP contribution in [0.25, 0.3) is 5.57 Å². The van der Waals surface area contributed by atoms with Gasteiger partial charge in [-0.05, 0) is 116 Å². The second-order valence-electron chi connectivity index (χ2n) is 15.2. The Kier molecular flexibility index (Phi) is 14.5. The Morgan fingerprint density at radius 1 is 0.956 bits per heavy atom. The van der Waals surface area contributed by atoms with Crippen molar-refractivity contribution in [3.8, 4) is 0 Å². The Hall–Kier alpha value is -2.29. The van der Waals surface area contributed by atoms with Crippen LogP contribution in [0.4, 0.5) is 0 Å². The van der Waals surface area contributed by atoms with E-state index in [0.29, 0.717) is 12.3 Å². The summed E-state index contributed by atoms with van der Waals surface area (Å²) >= 11 is 0. The molecule has 3 aliphatic rings. The van der Waals surface area contributed by atoms with E-state index in [2.05, 4.69) is 73.6 Å². The van der Waals surface area contributed by atoms with E-state index in [1.54, 1.807) is 5.57 Å². The van der Waals surface area contributed by atoms with Crippen molar-refractivity contribution in [2.24, 2.45) is 29.6 Å². The third kappa shape index (κ3) is 9.85. The number of allylic oxidation sites excluding steroid dienone is 4. The first-order chi connectivity index (χ1) is 21.4. The standard InChI is InChI=1S/C39H56O3.C3H8/c1-8-10-31(33(9-2)37(41)17-26(6)40)20-30-21-36-34(24(3)4)23-35(27(7)39(36)38(42)22-30)32-16-15-29(19-32)18-28-13-11-25(5)12-14-28;1-3-2/h15-16,23-25,28,30-31,33H,8-14,17-22H2,1-7H3;3H2,1-2H3. The van der Waals surface area contributed by atoms with Crippen LogP contribution >= 0.6 is 0 Å². The molecule has 3 nitrogen and oxygen atoms in total. The van der Waals surface area contributed by atoms with Gasteiger partial charge in [-0.25, -0.2) is 0 Å². The lowest BCUT2D eigenvalue weighted by atomic mass is 9.70. The van der Waals surface area contributed by atoms with Crippen molar-refractivity contribution in [1.29, 1.82) is 0 Å². The van der Waals surface area contributed by atoms with Crippen molar-refractivity contribution in [3.63, 3.8) is 0 Å². The molecular formula is C42H64O3. The van der Waals surface area contributed by atoms with E-state index in [1.165, 1.54) is 73.3 Å². The zero-order valence-electron chi connectivity index (χ0n) is 30.3. The molecule has 3 aliphatic carbocycles. The number of hydrogen-bond donors (Lipinski definition) is 0. The molecule has 3 heteroatoms. The van der Waals surface area contributed by atoms with Crippen LogP contribution in [0.5, 0.6) is 0 Å². The quantitative estimate of drug-likeness (QED) is 0.207. The summed E-state index contributed by atoms with van der Waals surface area (Å²) in [4.78, 5) is 38.7. The van der Waals surface area contributed by atoms with E-state index < -0.39 is 0 Å². The molecule has 250 valence electrons. The van der Waals surface area contributed by atoms with Gasteiger partial charge in [-0.3, -0.25) is 14.4 Å². The van der Waals surface area contributed by atoms with Crippen LogP contribution in [-0.4, -0.2) is 17.3 Å². The van der Waals surface area contributed by atoms with Crippen molar-refractivity contribution in [2.45, 2.75) is 158 Å². The van der Waals surface area contributed by atoms with E-state index in [0.717, 1.165) is 55.9 Å². The molecular weight excluding hydrogens is 552 g/mol. The fraction of sp³-hybridized carbons (Fsp3) is 0.690. The first kappa shape index (κ1) is 37.2. The maximum atomic E-state index is 13.9. The number of Topliss-reactive ketones (excluding diaryl/α,β-unsaturated/α-hetero) is 3. The molecule has 0 spiro atoms. The maximum absolute atomic E-state index is 13.9. The Bertz CT molecular complexity index is 1240. The highest BCUT2D eigenvalue weighted by molar-refractivity contribution is 6.02. The number of rotatable bonds is 13. The number of hydrogen-bond acceptors (Lipinski definition) is 3. The number of ketones is 3. The summed E-state index contributed by atoms with van der Waals surface area (Å²) in [6, 6.07) is 2.41. The second-order valence-corrected chi connectivity index (χ2v) is 15.2. The van der Waals surface area contributed by atoms with Crippen LogP contribution in [0.2, 0.25) is 0 Å². The van der Waals surface area contributed by atoms with Gasteiger partial charge in [0.25, 0.3) is 0 Å². The summed E-state index contributed by atoms with van der Waals surface area (Å²) in [6.45, 7) is 19.1. The van der Waals surface area contributed by atoms with Gasteiger partial charge < -0.3 is 0 Å². The Labute approximate surface area is 276 Å². The van der Waals surface area contributed by atoms with Gasteiger partial charge in [-0.2, -0.15) is 0 Å². The van der Waals surface area contributed by atoms with Crippen LogP contribution in [0, 0.1) is 36.5 Å². The van der Waals surface area contributed by atoms with Crippen molar-refractivity contribution < 1.29 is 14.4 Å². The van der Waals surface area contributed by atoms with E-state index in [1.807, 2.05) is 0 Å². The zero-order chi connectivity index (χ0) is 33.3. The van der Waals surface area contributed by atoms with Crippen LogP contribution in [0.1, 0.15) is 177 Å². The molecule has 1 saturated carbocycles. The summed E-state index contributed by atoms with van der Waals surface area (Å²) in [5.74, 6) is 2.77. The molecule has 3 atom stereocenters. The largest absolute Gasteiger partial charge is 0.300 e. The number of carbonyl (C=O) groups excluding carboxylic acids is 3. The molecule has 1 aromatic carbocycles. The summed E-state index contributed by atoms with van der Waals surface area (Å²) in [5, 5.41) is 0. The predicted octanol–water partition coefficient (Wildman–Crippen LogP) is 11.6. The number of carbonyl (C=O) groups is 3. The normalized spacial score (nSPS) is 22.6. The number of fused-ring (bicyclic) bond motifs is 1. The van der Waals surface area contributed by atoms with Crippen molar-refractivity contribution in [3.05, 3.63) is 51.6 Å². The van der Waals surface area contributed by atoms with Crippen molar-refractivity contribution >= 4 is 22.9 Å². The summed E-state index contributed by atoms with van der Waals surface area (Å²) in [6.07, 6.45) is 18.8. The molecule has 0 aliphatic heterocycles. The molecule has 0 radical (unpaired) electrons. The molecule has 0 bridgehead atoms. The van der Waals surface area contributed by atoms with Crippen molar-refractivity contribution in [2.75, 3.05) is 0 Å². The Morgan fingerprint density at radius 2 is 1.62 bits per heavy atom. The monoisotopic (exact) mass is 616 g/mol. The fourth-order valence-electron chi connectivity index (χ4n) is 8.49. The van der Waals surface area contributed by atoms with Gasteiger partial charge in [0.2, 0.25) is 0 Å². The topological polar surface area (TPSA) is 51.2 Å². The maximum Gasteiger partial charge on any atom is 0.163 e. The highest BCUT2D eigenvalue weighted by atomic mass is 16.1. The third-order valence-electron chi connectivity index (χ3n) is 10.7. The minimum Gasteiger partial charge on any atom is -0.300 e. The first-order valence-corrected chi connectivity index (χ1v) is 18.5. The molecule has 3 unspecified atom stereocenters. The van der Waals surface area contributed by atoms with E-state index in [4.69, 9.17) is 0 Å². The molecule has 0 aromatic heterocycles. The Balaban J connectivity index is 0.00000177. The molecule has 1 aromatic rings. The molecule has 0 saturated heterocycles. The van der Waals surface area contributed by atoms with Gasteiger partial charge in [-0.15, -0.1) is 0 Å². The lowest BCUT2D eigenvalue weighted by molar-refractivity contribution is -0.129. The Morgan fingerprint density at radius 3 is 2.20 bits per heavy atom. The molecule has 4 rings (SSSR count).